The highest BCUT2D eigenvalue weighted by Gasteiger charge is 2.01. The molecular weight excluding hydrogens is 200 g/mol. The van der Waals surface area contributed by atoms with Crippen molar-refractivity contribution in [2.45, 2.75) is 6.42 Å². The molecule has 0 aliphatic rings. The summed E-state index contributed by atoms with van der Waals surface area (Å²) in [6.07, 6.45) is 2.33. The van der Waals surface area contributed by atoms with E-state index in [1.165, 1.54) is 0 Å². The molecule has 1 aromatic carbocycles. The maximum absolute atomic E-state index is 5.38. The van der Waals surface area contributed by atoms with Gasteiger partial charge in [-0.05, 0) is 18.1 Å². The lowest BCUT2D eigenvalue weighted by Crippen LogP contribution is -1.99. The van der Waals surface area contributed by atoms with Crippen LogP contribution in [0.1, 0.15) is 12.1 Å². The molecule has 80 valence electrons. The van der Waals surface area contributed by atoms with E-state index in [1.807, 2.05) is 30.3 Å². The average molecular weight is 212 g/mol. The summed E-state index contributed by atoms with van der Waals surface area (Å²) in [6.45, 7) is 0.569. The lowest BCUT2D eigenvalue weighted by molar-refractivity contribution is 0.797. The Morgan fingerprint density at radius 1 is 1.25 bits per heavy atom. The summed E-state index contributed by atoms with van der Waals surface area (Å²) in [5.74, 6) is 5.97. The minimum atomic E-state index is 0.569. The van der Waals surface area contributed by atoms with Crippen LogP contribution in [0.2, 0.25) is 0 Å². The van der Waals surface area contributed by atoms with Crippen LogP contribution in [0.15, 0.2) is 36.5 Å². The number of para-hydroxylation sites is 1. The second-order valence-corrected chi connectivity index (χ2v) is 3.21. The molecule has 2 N–H and O–H groups in total. The highest BCUT2D eigenvalue weighted by molar-refractivity contribution is 5.37. The van der Waals surface area contributed by atoms with Crippen molar-refractivity contribution in [3.05, 3.63) is 42.2 Å². The third-order valence-electron chi connectivity index (χ3n) is 2.04. The first-order valence-corrected chi connectivity index (χ1v) is 5.07. The highest BCUT2D eigenvalue weighted by Crippen LogP contribution is 2.07. The van der Waals surface area contributed by atoms with Crippen molar-refractivity contribution in [2.24, 2.45) is 5.73 Å². The van der Waals surface area contributed by atoms with Crippen molar-refractivity contribution in [3.8, 4) is 17.5 Å². The number of aromatic nitrogens is 3. The van der Waals surface area contributed by atoms with Crippen LogP contribution in [0.4, 0.5) is 0 Å². The molecule has 0 fully saturated rings. The highest BCUT2D eigenvalue weighted by atomic mass is 15.4. The lowest BCUT2D eigenvalue weighted by atomic mass is 10.3. The largest absolute Gasteiger partial charge is 0.330 e. The number of rotatable bonds is 2. The van der Waals surface area contributed by atoms with E-state index in [1.54, 1.807) is 10.9 Å². The Hall–Kier alpha value is -2.12. The van der Waals surface area contributed by atoms with Gasteiger partial charge in [-0.3, -0.25) is 0 Å². The molecule has 4 heteroatoms. The number of nitrogens with two attached hydrogens (primary N) is 1. The zero-order valence-corrected chi connectivity index (χ0v) is 8.80. The van der Waals surface area contributed by atoms with E-state index in [4.69, 9.17) is 5.73 Å². The first-order valence-electron chi connectivity index (χ1n) is 5.07. The van der Waals surface area contributed by atoms with Crippen LogP contribution in [0.5, 0.6) is 0 Å². The van der Waals surface area contributed by atoms with Gasteiger partial charge in [0, 0.05) is 13.0 Å². The van der Waals surface area contributed by atoms with Gasteiger partial charge in [0.1, 0.15) is 5.69 Å². The fourth-order valence-electron chi connectivity index (χ4n) is 1.31. The molecule has 0 saturated carbocycles. The molecule has 0 amide bonds. The van der Waals surface area contributed by atoms with Crippen LogP contribution in [-0.4, -0.2) is 21.5 Å². The minimum Gasteiger partial charge on any atom is -0.330 e. The first-order chi connectivity index (χ1) is 7.92. The topological polar surface area (TPSA) is 56.7 Å². The van der Waals surface area contributed by atoms with Gasteiger partial charge in [-0.15, -0.1) is 5.10 Å². The molecule has 0 atom stereocenters. The summed E-state index contributed by atoms with van der Waals surface area (Å²) in [6, 6.07) is 9.79. The fourth-order valence-corrected chi connectivity index (χ4v) is 1.31. The standard InChI is InChI=1S/C12H12N4/c13-9-5-4-8-12-10-14-15-16(12)11-6-2-1-3-7-11/h1-3,6-7,10H,5,9,13H2. The third kappa shape index (κ3) is 2.27. The van der Waals surface area contributed by atoms with Crippen LogP contribution in [0, 0.1) is 11.8 Å². The average Bonchev–Trinajstić information content (AvgIpc) is 2.79. The summed E-state index contributed by atoms with van der Waals surface area (Å²) in [7, 11) is 0. The van der Waals surface area contributed by atoms with Gasteiger partial charge in [0.05, 0.1) is 11.9 Å². The van der Waals surface area contributed by atoms with Crippen molar-refractivity contribution >= 4 is 0 Å². The van der Waals surface area contributed by atoms with Gasteiger partial charge in [0.2, 0.25) is 0 Å². The van der Waals surface area contributed by atoms with E-state index in [9.17, 15) is 0 Å². The van der Waals surface area contributed by atoms with Gasteiger partial charge < -0.3 is 5.73 Å². The Bertz CT molecular complexity index is 505. The molecule has 1 aromatic heterocycles. The van der Waals surface area contributed by atoms with Gasteiger partial charge in [0.15, 0.2) is 0 Å². The molecule has 1 heterocycles. The number of nitrogens with zero attached hydrogens (tertiary/aromatic N) is 3. The zero-order chi connectivity index (χ0) is 11.2. The smallest absolute Gasteiger partial charge is 0.137 e. The summed E-state index contributed by atoms with van der Waals surface area (Å²) >= 11 is 0. The molecule has 0 spiro atoms. The number of hydrogen-bond donors (Lipinski definition) is 1. The van der Waals surface area contributed by atoms with Crippen molar-refractivity contribution in [1.82, 2.24) is 15.0 Å². The molecular formula is C12H12N4. The van der Waals surface area contributed by atoms with Crippen molar-refractivity contribution in [2.75, 3.05) is 6.54 Å². The third-order valence-corrected chi connectivity index (χ3v) is 2.04. The molecule has 2 aromatic rings. The van der Waals surface area contributed by atoms with Gasteiger partial charge in [-0.25, -0.2) is 4.68 Å². The molecule has 2 rings (SSSR count). The maximum atomic E-state index is 5.38. The van der Waals surface area contributed by atoms with Crippen LogP contribution in [-0.2, 0) is 0 Å². The molecule has 0 aliphatic heterocycles. The Morgan fingerprint density at radius 2 is 2.06 bits per heavy atom. The monoisotopic (exact) mass is 212 g/mol. The predicted molar refractivity (Wildman–Crippen MR) is 61.9 cm³/mol. The van der Waals surface area contributed by atoms with Crippen molar-refractivity contribution in [1.29, 1.82) is 0 Å². The van der Waals surface area contributed by atoms with Gasteiger partial charge in [-0.2, -0.15) is 0 Å². The molecule has 0 saturated heterocycles. The minimum absolute atomic E-state index is 0.569. The molecule has 0 unspecified atom stereocenters. The van der Waals surface area contributed by atoms with E-state index in [2.05, 4.69) is 22.2 Å². The second kappa shape index (κ2) is 5.10. The van der Waals surface area contributed by atoms with Crippen molar-refractivity contribution in [3.63, 3.8) is 0 Å². The molecule has 0 aliphatic carbocycles. The van der Waals surface area contributed by atoms with E-state index >= 15 is 0 Å². The fraction of sp³-hybridized carbons (Fsp3) is 0.167. The van der Waals surface area contributed by atoms with Gasteiger partial charge in [-0.1, -0.05) is 29.3 Å². The van der Waals surface area contributed by atoms with E-state index in [0.717, 1.165) is 11.4 Å². The van der Waals surface area contributed by atoms with E-state index < -0.39 is 0 Å². The number of hydrogen-bond acceptors (Lipinski definition) is 3. The van der Waals surface area contributed by atoms with Crippen LogP contribution < -0.4 is 5.73 Å². The van der Waals surface area contributed by atoms with Gasteiger partial charge >= 0.3 is 0 Å². The summed E-state index contributed by atoms with van der Waals surface area (Å²) < 4.78 is 1.71. The summed E-state index contributed by atoms with van der Waals surface area (Å²) in [4.78, 5) is 0. The van der Waals surface area contributed by atoms with Crippen LogP contribution in [0.25, 0.3) is 5.69 Å². The SMILES string of the molecule is NCCC#Cc1cnnn1-c1ccccc1. The summed E-state index contributed by atoms with van der Waals surface area (Å²) in [5, 5.41) is 7.85. The predicted octanol–water partition coefficient (Wildman–Crippen LogP) is 0.968. The van der Waals surface area contributed by atoms with Crippen molar-refractivity contribution < 1.29 is 0 Å². The van der Waals surface area contributed by atoms with Gasteiger partial charge in [0.25, 0.3) is 0 Å². The van der Waals surface area contributed by atoms with Crippen LogP contribution >= 0.6 is 0 Å². The van der Waals surface area contributed by atoms with Crippen LogP contribution in [0.3, 0.4) is 0 Å². The lowest BCUT2D eigenvalue weighted by Gasteiger charge is -2.00. The van der Waals surface area contributed by atoms with E-state index in [0.29, 0.717) is 13.0 Å². The molecule has 16 heavy (non-hydrogen) atoms. The Balaban J connectivity index is 2.31. The number of benzene rings is 1. The second-order valence-electron chi connectivity index (χ2n) is 3.21. The quantitative estimate of drug-likeness (QED) is 0.754. The van der Waals surface area contributed by atoms with E-state index in [-0.39, 0.29) is 0 Å². The summed E-state index contributed by atoms with van der Waals surface area (Å²) in [5.41, 5.74) is 7.11. The Morgan fingerprint density at radius 3 is 2.81 bits per heavy atom. The first kappa shape index (κ1) is 10.4. The zero-order valence-electron chi connectivity index (χ0n) is 8.80. The Labute approximate surface area is 94.1 Å². The molecule has 0 radical (unpaired) electrons. The maximum Gasteiger partial charge on any atom is 0.137 e. The normalized spacial score (nSPS) is 9.56. The molecule has 4 nitrogen and oxygen atoms in total. The molecule has 0 bridgehead atoms. The Kier molecular flexibility index (Phi) is 3.31.